The van der Waals surface area contributed by atoms with Crippen molar-refractivity contribution in [3.63, 3.8) is 0 Å². The van der Waals surface area contributed by atoms with Gasteiger partial charge in [-0.1, -0.05) is 0 Å². The van der Waals surface area contributed by atoms with Gasteiger partial charge in [0.2, 0.25) is 0 Å². The van der Waals surface area contributed by atoms with E-state index in [1.54, 1.807) is 0 Å². The maximum absolute atomic E-state index is 8.24. The zero-order valence-corrected chi connectivity index (χ0v) is 2.51. The normalized spacial score (nSPS) is 3.60. The Morgan fingerprint density at radius 1 is 1.60 bits per heavy atom. The molecule has 30 valence electrons. The van der Waals surface area contributed by atoms with Crippen molar-refractivity contribution in [3.8, 4) is 0 Å². The molecule has 0 aromatic heterocycles. The lowest BCUT2D eigenvalue weighted by atomic mass is 11.7. The van der Waals surface area contributed by atoms with Gasteiger partial charge in [0.15, 0.2) is 0 Å². The highest BCUT2D eigenvalue weighted by Crippen LogP contribution is 0.973. The third-order valence-corrected chi connectivity index (χ3v) is 0. The van der Waals surface area contributed by atoms with Crippen LogP contribution in [0.5, 0.6) is 0 Å². The molecule has 0 aromatic rings. The minimum atomic E-state index is 0.500. The Bertz CT molecular complexity index is 12.4. The van der Waals surface area contributed by atoms with E-state index in [0.29, 0.717) is 6.47 Å². The van der Waals surface area contributed by atoms with Crippen LogP contribution in [0.3, 0.4) is 0 Å². The molecule has 0 atom stereocenters. The van der Waals surface area contributed by atoms with Gasteiger partial charge in [0.05, 0.1) is 7.11 Å². The first-order valence-corrected chi connectivity index (χ1v) is 0.744. The summed E-state index contributed by atoms with van der Waals surface area (Å²) in [6, 6.07) is 0. The number of rotatable bonds is 0. The van der Waals surface area contributed by atoms with E-state index in [2.05, 4.69) is 7.11 Å². The highest BCUT2D eigenvalue weighted by Gasteiger charge is 1.30. The van der Waals surface area contributed by atoms with Gasteiger partial charge in [0.1, 0.15) is 0 Å². The Labute approximate surface area is 29.9 Å². The fraction of sp³-hybridized carbons (Fsp3) is 0. The number of aliphatic hydroxyl groups excluding tert-OH is 2. The summed E-state index contributed by atoms with van der Waals surface area (Å²) in [6.45, 7) is 0.500. The molecule has 3 heteroatoms. The van der Waals surface area contributed by atoms with Gasteiger partial charge in [-0.2, -0.15) is 0 Å². The first kappa shape index (κ1) is 8.83. The van der Waals surface area contributed by atoms with Crippen LogP contribution < -0.4 is 0 Å². The molecule has 0 heterocycles. The van der Waals surface area contributed by atoms with Crippen molar-refractivity contribution in [2.75, 3.05) is 0 Å². The lowest BCUT2D eigenvalue weighted by Crippen LogP contribution is -1.48. The number of hydrogen-bond acceptors (Lipinski definition) is 2. The van der Waals surface area contributed by atoms with Crippen molar-refractivity contribution >= 4 is 6.47 Å². The van der Waals surface area contributed by atoms with Crippen molar-refractivity contribution in [1.82, 2.24) is 0 Å². The molecule has 0 aromatic carbocycles. The molecule has 2 N–H and O–H groups in total. The summed E-state index contributed by atoms with van der Waals surface area (Å²) in [5, 5.41) is 13.5. The van der Waals surface area contributed by atoms with Crippen molar-refractivity contribution in [1.29, 1.82) is 0 Å². The Kier molecular flexibility index (Phi) is 193. The molecule has 0 aliphatic heterocycles. The van der Waals surface area contributed by atoms with Crippen molar-refractivity contribution in [2.45, 2.75) is 0 Å². The monoisotopic (exact) mass is 76.0 g/mol. The van der Waals surface area contributed by atoms with Crippen LogP contribution in [0.2, 0.25) is 0 Å². The Balaban J connectivity index is 0. The second-order valence-electron chi connectivity index (χ2n) is 0.0913. The van der Waals surface area contributed by atoms with E-state index in [4.69, 9.17) is 15.0 Å². The standard InChI is InChI=1S/CHO2.CH3O/c2-1-3;1-2/h(H,2,3);2H,1H2. The number of aliphatic hydroxyl groups is 1. The summed E-state index contributed by atoms with van der Waals surface area (Å²) >= 11 is 0. The fourth-order valence-electron chi connectivity index (χ4n) is 0. The van der Waals surface area contributed by atoms with Crippen LogP contribution in [-0.2, 0) is 4.79 Å². The van der Waals surface area contributed by atoms with Gasteiger partial charge < -0.3 is 10.2 Å². The van der Waals surface area contributed by atoms with E-state index < -0.39 is 0 Å². The van der Waals surface area contributed by atoms with Crippen LogP contribution in [0.1, 0.15) is 0 Å². The third kappa shape index (κ3) is 21.6. The predicted molar refractivity (Wildman–Crippen MR) is 15.6 cm³/mol. The summed E-state index contributed by atoms with van der Waals surface area (Å²) in [6.07, 6.45) is 0. The first-order chi connectivity index (χ1) is 2.41. The molecular weight excluding hydrogens is 72.0 g/mol. The first-order valence-electron chi connectivity index (χ1n) is 0.744. The maximum atomic E-state index is 8.24. The topological polar surface area (TPSA) is 57.5 Å². The average Bonchev–Trinajstić information content (AvgIpc) is 1.46. The molecule has 5 heavy (non-hydrogen) atoms. The van der Waals surface area contributed by atoms with Crippen LogP contribution >= 0.6 is 0 Å². The van der Waals surface area contributed by atoms with E-state index in [0.717, 1.165) is 0 Å². The van der Waals surface area contributed by atoms with Gasteiger partial charge in [-0.15, -0.1) is 0 Å². The highest BCUT2D eigenvalue weighted by atomic mass is 16.3. The molecule has 0 aliphatic carbocycles. The minimum Gasteiger partial charge on any atom is -0.473 e. The van der Waals surface area contributed by atoms with Gasteiger partial charge in [-0.05, 0) is 0 Å². The zero-order chi connectivity index (χ0) is 4.71. The Morgan fingerprint density at radius 3 is 1.60 bits per heavy atom. The van der Waals surface area contributed by atoms with Crippen LogP contribution in [0.4, 0.5) is 0 Å². The van der Waals surface area contributed by atoms with Gasteiger partial charge >= 0.3 is 6.47 Å². The van der Waals surface area contributed by atoms with E-state index >= 15 is 0 Å². The summed E-state index contributed by atoms with van der Waals surface area (Å²) in [5.41, 5.74) is 0. The van der Waals surface area contributed by atoms with Crippen LogP contribution in [0.25, 0.3) is 0 Å². The molecule has 0 rings (SSSR count). The van der Waals surface area contributed by atoms with Crippen molar-refractivity contribution < 1.29 is 15.0 Å². The van der Waals surface area contributed by atoms with Crippen LogP contribution in [-0.4, -0.2) is 16.7 Å². The number of hydrogen-bond donors (Lipinski definition) is 2. The van der Waals surface area contributed by atoms with Crippen molar-refractivity contribution in [3.05, 3.63) is 7.11 Å². The van der Waals surface area contributed by atoms with E-state index in [-0.39, 0.29) is 0 Å². The molecule has 0 amide bonds. The molecule has 0 saturated carbocycles. The molecule has 3 nitrogen and oxygen atoms in total. The maximum Gasteiger partial charge on any atom is 0.414 e. The van der Waals surface area contributed by atoms with Gasteiger partial charge in [0, 0.05) is 0 Å². The lowest BCUT2D eigenvalue weighted by Gasteiger charge is -1.29. The van der Waals surface area contributed by atoms with Gasteiger partial charge in [0.25, 0.3) is 0 Å². The van der Waals surface area contributed by atoms with Crippen LogP contribution in [0.15, 0.2) is 0 Å². The molecule has 0 saturated heterocycles. The van der Waals surface area contributed by atoms with E-state index in [9.17, 15) is 0 Å². The van der Waals surface area contributed by atoms with Gasteiger partial charge in [-0.3, -0.25) is 0 Å². The second-order valence-corrected chi connectivity index (χ2v) is 0.0913. The molecule has 0 unspecified atom stereocenters. The SMILES string of the molecule is O=[C]O.[CH2]O. The summed E-state index contributed by atoms with van der Waals surface area (Å²) in [7, 11) is 2.25. The zero-order valence-electron chi connectivity index (χ0n) is 2.51. The second kappa shape index (κ2) is 110. The minimum absolute atomic E-state index is 0.500. The fourth-order valence-corrected chi connectivity index (χ4v) is 0. The van der Waals surface area contributed by atoms with E-state index in [1.807, 2.05) is 0 Å². The van der Waals surface area contributed by atoms with Gasteiger partial charge in [-0.25, -0.2) is 4.79 Å². The Hall–Kier alpha value is -0.570. The quantitative estimate of drug-likeness (QED) is 0.418. The molecule has 0 aliphatic rings. The summed E-state index contributed by atoms with van der Waals surface area (Å²) in [4.78, 5) is 8.24. The van der Waals surface area contributed by atoms with E-state index in [1.165, 1.54) is 0 Å². The molecular formula is C2H4O3. The summed E-state index contributed by atoms with van der Waals surface area (Å²) < 4.78 is 0. The van der Waals surface area contributed by atoms with Crippen molar-refractivity contribution in [2.24, 2.45) is 0 Å². The smallest absolute Gasteiger partial charge is 0.414 e. The Morgan fingerprint density at radius 2 is 1.60 bits per heavy atom. The highest BCUT2D eigenvalue weighted by molar-refractivity contribution is 5.34. The molecule has 2 radical (unpaired) electrons. The largest absolute Gasteiger partial charge is 0.473 e. The van der Waals surface area contributed by atoms with Crippen LogP contribution in [0, 0.1) is 7.11 Å². The molecule has 0 fully saturated rings. The molecule has 0 bridgehead atoms. The lowest BCUT2D eigenvalue weighted by molar-refractivity contribution is 0.437. The summed E-state index contributed by atoms with van der Waals surface area (Å²) in [5.74, 6) is 0. The average molecular weight is 76.1 g/mol. The predicted octanol–water partition coefficient (Wildman–Crippen LogP) is -0.238. The third-order valence-electron chi connectivity index (χ3n) is 0. The molecule has 0 spiro atoms.